The standard InChI is InChI=1S/C14H19N3/c1-3-8-17(2)14-9-11(10-15)12-6-4-5-7-13(12)16-14/h4-7,9H,3,8,10,15H2,1-2H3. The topological polar surface area (TPSA) is 42.1 Å². The molecule has 2 N–H and O–H groups in total. The Morgan fingerprint density at radius 3 is 2.76 bits per heavy atom. The van der Waals surface area contributed by atoms with Crippen LogP contribution in [0.4, 0.5) is 5.82 Å². The first-order valence-electron chi connectivity index (χ1n) is 6.06. The molecule has 17 heavy (non-hydrogen) atoms. The van der Waals surface area contributed by atoms with Gasteiger partial charge in [-0.15, -0.1) is 0 Å². The zero-order chi connectivity index (χ0) is 12.3. The van der Waals surface area contributed by atoms with Crippen LogP contribution in [-0.2, 0) is 6.54 Å². The average Bonchev–Trinajstić information content (AvgIpc) is 2.37. The van der Waals surface area contributed by atoms with E-state index in [-0.39, 0.29) is 0 Å². The monoisotopic (exact) mass is 229 g/mol. The summed E-state index contributed by atoms with van der Waals surface area (Å²) in [5.74, 6) is 1.01. The number of hydrogen-bond donors (Lipinski definition) is 1. The molecule has 2 rings (SSSR count). The Kier molecular flexibility index (Phi) is 3.59. The first kappa shape index (κ1) is 11.9. The van der Waals surface area contributed by atoms with Crippen LogP contribution < -0.4 is 10.6 Å². The summed E-state index contributed by atoms with van der Waals surface area (Å²) in [6.07, 6.45) is 1.11. The van der Waals surface area contributed by atoms with E-state index in [0.29, 0.717) is 6.54 Å². The Balaban J connectivity index is 2.52. The first-order valence-corrected chi connectivity index (χ1v) is 6.06. The lowest BCUT2D eigenvalue weighted by Gasteiger charge is -2.19. The van der Waals surface area contributed by atoms with Crippen LogP contribution in [0.5, 0.6) is 0 Å². The van der Waals surface area contributed by atoms with Gasteiger partial charge < -0.3 is 10.6 Å². The summed E-state index contributed by atoms with van der Waals surface area (Å²) in [4.78, 5) is 6.84. The summed E-state index contributed by atoms with van der Waals surface area (Å²) in [5.41, 5.74) is 7.99. The normalized spacial score (nSPS) is 10.8. The molecule has 0 spiro atoms. The number of fused-ring (bicyclic) bond motifs is 1. The SMILES string of the molecule is CCCN(C)c1cc(CN)c2ccccc2n1. The number of aromatic nitrogens is 1. The molecule has 0 radical (unpaired) electrons. The quantitative estimate of drug-likeness (QED) is 0.876. The summed E-state index contributed by atoms with van der Waals surface area (Å²) < 4.78 is 0. The van der Waals surface area contributed by atoms with Crippen LogP contribution in [0.25, 0.3) is 10.9 Å². The van der Waals surface area contributed by atoms with Crippen LogP contribution in [0.2, 0.25) is 0 Å². The fourth-order valence-electron chi connectivity index (χ4n) is 2.05. The van der Waals surface area contributed by atoms with Gasteiger partial charge in [-0.05, 0) is 24.1 Å². The van der Waals surface area contributed by atoms with Gasteiger partial charge in [0.2, 0.25) is 0 Å². The number of nitrogens with zero attached hydrogens (tertiary/aromatic N) is 2. The van der Waals surface area contributed by atoms with Crippen LogP contribution in [0.15, 0.2) is 30.3 Å². The third-order valence-corrected chi connectivity index (χ3v) is 2.96. The van der Waals surface area contributed by atoms with Crippen molar-refractivity contribution >= 4 is 16.7 Å². The molecule has 3 nitrogen and oxygen atoms in total. The number of pyridine rings is 1. The van der Waals surface area contributed by atoms with Crippen molar-refractivity contribution < 1.29 is 0 Å². The first-order chi connectivity index (χ1) is 8.26. The third kappa shape index (κ3) is 2.39. The van der Waals surface area contributed by atoms with E-state index in [1.165, 1.54) is 0 Å². The van der Waals surface area contributed by atoms with Gasteiger partial charge >= 0.3 is 0 Å². The van der Waals surface area contributed by atoms with Crippen molar-refractivity contribution in [2.75, 3.05) is 18.5 Å². The maximum atomic E-state index is 5.81. The molecule has 0 saturated heterocycles. The second-order valence-electron chi connectivity index (χ2n) is 4.28. The Morgan fingerprint density at radius 1 is 1.29 bits per heavy atom. The zero-order valence-corrected chi connectivity index (χ0v) is 10.5. The molecule has 90 valence electrons. The molecular formula is C14H19N3. The molecular weight excluding hydrogens is 210 g/mol. The number of hydrogen-bond acceptors (Lipinski definition) is 3. The molecule has 0 aliphatic heterocycles. The Labute approximate surface area is 102 Å². The van der Waals surface area contributed by atoms with Crippen LogP contribution >= 0.6 is 0 Å². The molecule has 0 bridgehead atoms. The van der Waals surface area contributed by atoms with Crippen molar-refractivity contribution in [1.29, 1.82) is 0 Å². The number of para-hydroxylation sites is 1. The van der Waals surface area contributed by atoms with Crippen molar-refractivity contribution in [3.8, 4) is 0 Å². The molecule has 0 aliphatic carbocycles. The molecule has 2 aromatic rings. The van der Waals surface area contributed by atoms with Crippen molar-refractivity contribution in [3.63, 3.8) is 0 Å². The van der Waals surface area contributed by atoms with Gasteiger partial charge in [0.25, 0.3) is 0 Å². The molecule has 0 amide bonds. The van der Waals surface area contributed by atoms with E-state index in [1.54, 1.807) is 0 Å². The van der Waals surface area contributed by atoms with Gasteiger partial charge in [-0.2, -0.15) is 0 Å². The second kappa shape index (κ2) is 5.15. The van der Waals surface area contributed by atoms with Crippen molar-refractivity contribution in [2.24, 2.45) is 5.73 Å². The molecule has 0 fully saturated rings. The Hall–Kier alpha value is -1.61. The number of rotatable bonds is 4. The molecule has 3 heteroatoms. The van der Waals surface area contributed by atoms with E-state index in [4.69, 9.17) is 5.73 Å². The molecule has 0 saturated carbocycles. The molecule has 0 unspecified atom stereocenters. The lowest BCUT2D eigenvalue weighted by atomic mass is 10.1. The minimum absolute atomic E-state index is 0.552. The fraction of sp³-hybridized carbons (Fsp3) is 0.357. The number of nitrogens with two attached hydrogens (primary N) is 1. The van der Waals surface area contributed by atoms with Crippen molar-refractivity contribution in [1.82, 2.24) is 4.98 Å². The Bertz CT molecular complexity index is 508. The number of anilines is 1. The molecule has 1 aromatic carbocycles. The molecule has 1 heterocycles. The highest BCUT2D eigenvalue weighted by Crippen LogP contribution is 2.22. The second-order valence-corrected chi connectivity index (χ2v) is 4.28. The largest absolute Gasteiger partial charge is 0.360 e. The highest BCUT2D eigenvalue weighted by atomic mass is 15.2. The van der Waals surface area contributed by atoms with E-state index in [9.17, 15) is 0 Å². The summed E-state index contributed by atoms with van der Waals surface area (Å²) in [5, 5.41) is 1.16. The van der Waals surface area contributed by atoms with E-state index >= 15 is 0 Å². The Morgan fingerprint density at radius 2 is 2.06 bits per heavy atom. The third-order valence-electron chi connectivity index (χ3n) is 2.96. The molecule has 1 aromatic heterocycles. The summed E-state index contributed by atoms with van der Waals surface area (Å²) in [7, 11) is 2.07. The predicted octanol–water partition coefficient (Wildman–Crippen LogP) is 2.54. The lowest BCUT2D eigenvalue weighted by molar-refractivity contribution is 0.838. The summed E-state index contributed by atoms with van der Waals surface area (Å²) >= 11 is 0. The van der Waals surface area contributed by atoms with Gasteiger partial charge in [-0.25, -0.2) is 4.98 Å². The average molecular weight is 229 g/mol. The smallest absolute Gasteiger partial charge is 0.129 e. The van der Waals surface area contributed by atoms with E-state index in [0.717, 1.165) is 35.2 Å². The maximum Gasteiger partial charge on any atom is 0.129 e. The minimum Gasteiger partial charge on any atom is -0.360 e. The zero-order valence-electron chi connectivity index (χ0n) is 10.5. The predicted molar refractivity (Wildman–Crippen MR) is 73.2 cm³/mol. The van der Waals surface area contributed by atoms with Gasteiger partial charge in [0.15, 0.2) is 0 Å². The van der Waals surface area contributed by atoms with Gasteiger partial charge in [-0.1, -0.05) is 25.1 Å². The summed E-state index contributed by atoms with van der Waals surface area (Å²) in [6.45, 7) is 3.73. The lowest BCUT2D eigenvalue weighted by Crippen LogP contribution is -2.19. The van der Waals surface area contributed by atoms with Gasteiger partial charge in [0, 0.05) is 25.5 Å². The van der Waals surface area contributed by atoms with Gasteiger partial charge in [0.1, 0.15) is 5.82 Å². The summed E-state index contributed by atoms with van der Waals surface area (Å²) in [6, 6.07) is 10.3. The van der Waals surface area contributed by atoms with Crippen molar-refractivity contribution in [2.45, 2.75) is 19.9 Å². The molecule has 0 atom stereocenters. The van der Waals surface area contributed by atoms with Gasteiger partial charge in [0.05, 0.1) is 5.52 Å². The van der Waals surface area contributed by atoms with Crippen LogP contribution in [0, 0.1) is 0 Å². The van der Waals surface area contributed by atoms with Crippen LogP contribution in [0.3, 0.4) is 0 Å². The van der Waals surface area contributed by atoms with E-state index in [2.05, 4.69) is 36.0 Å². The van der Waals surface area contributed by atoms with E-state index in [1.807, 2.05) is 18.2 Å². The van der Waals surface area contributed by atoms with Crippen LogP contribution in [-0.4, -0.2) is 18.6 Å². The highest BCUT2D eigenvalue weighted by molar-refractivity contribution is 5.84. The van der Waals surface area contributed by atoms with E-state index < -0.39 is 0 Å². The minimum atomic E-state index is 0.552. The van der Waals surface area contributed by atoms with Crippen molar-refractivity contribution in [3.05, 3.63) is 35.9 Å². The highest BCUT2D eigenvalue weighted by Gasteiger charge is 2.07. The fourth-order valence-corrected chi connectivity index (χ4v) is 2.05. The maximum absolute atomic E-state index is 5.81. The van der Waals surface area contributed by atoms with Gasteiger partial charge in [-0.3, -0.25) is 0 Å². The number of benzene rings is 1. The van der Waals surface area contributed by atoms with Crippen LogP contribution in [0.1, 0.15) is 18.9 Å². The molecule has 0 aliphatic rings.